The summed E-state index contributed by atoms with van der Waals surface area (Å²) >= 11 is 2.19. The summed E-state index contributed by atoms with van der Waals surface area (Å²) < 4.78 is 1.08. The number of carbonyl (C=O) groups is 1. The van der Waals surface area contributed by atoms with Crippen LogP contribution in [0.4, 0.5) is 5.95 Å². The van der Waals surface area contributed by atoms with Gasteiger partial charge in [0.15, 0.2) is 0 Å². The van der Waals surface area contributed by atoms with Crippen LogP contribution in [0, 0.1) is 17.4 Å². The van der Waals surface area contributed by atoms with Crippen molar-refractivity contribution in [3.63, 3.8) is 0 Å². The molecule has 0 aliphatic carbocycles. The molecule has 0 atom stereocenters. The summed E-state index contributed by atoms with van der Waals surface area (Å²) in [7, 11) is 0. The van der Waals surface area contributed by atoms with Crippen LogP contribution in [0.1, 0.15) is 21.7 Å². The number of anilines is 1. The van der Waals surface area contributed by atoms with Crippen molar-refractivity contribution in [2.45, 2.75) is 13.8 Å². The van der Waals surface area contributed by atoms with Crippen LogP contribution in [0.25, 0.3) is 0 Å². The Morgan fingerprint density at radius 1 is 1.11 bits per heavy atom. The molecule has 0 fully saturated rings. The molecule has 0 aliphatic rings. The van der Waals surface area contributed by atoms with Gasteiger partial charge in [0.2, 0.25) is 5.95 Å². The largest absolute Gasteiger partial charge is 0.289 e. The minimum atomic E-state index is -0.239. The summed E-state index contributed by atoms with van der Waals surface area (Å²) in [5.41, 5.74) is 2.07. The second-order valence-electron chi connectivity index (χ2n) is 3.77. The van der Waals surface area contributed by atoms with E-state index in [0.29, 0.717) is 5.56 Å². The van der Waals surface area contributed by atoms with E-state index in [-0.39, 0.29) is 11.9 Å². The van der Waals surface area contributed by atoms with Crippen LogP contribution in [0.3, 0.4) is 0 Å². The van der Waals surface area contributed by atoms with Gasteiger partial charge < -0.3 is 0 Å². The number of benzene rings is 1. The maximum atomic E-state index is 11.9. The topological polar surface area (TPSA) is 67.8 Å². The number of hydrogen-bond donors (Lipinski definition) is 1. The van der Waals surface area contributed by atoms with Crippen LogP contribution >= 0.6 is 22.6 Å². The summed E-state index contributed by atoms with van der Waals surface area (Å²) in [6.45, 7) is 3.64. The molecule has 0 spiro atoms. The van der Waals surface area contributed by atoms with Gasteiger partial charge in [0, 0.05) is 9.13 Å². The van der Waals surface area contributed by atoms with Gasteiger partial charge in [0.25, 0.3) is 5.91 Å². The lowest BCUT2D eigenvalue weighted by atomic mass is 10.2. The number of halogens is 1. The first-order valence-corrected chi connectivity index (χ1v) is 6.39. The van der Waals surface area contributed by atoms with Crippen LogP contribution in [0.2, 0.25) is 0 Å². The van der Waals surface area contributed by atoms with Crippen molar-refractivity contribution in [2.24, 2.45) is 0 Å². The molecule has 1 heterocycles. The molecule has 0 aliphatic heterocycles. The van der Waals surface area contributed by atoms with Gasteiger partial charge in [-0.3, -0.25) is 10.1 Å². The first-order valence-electron chi connectivity index (χ1n) is 5.31. The monoisotopic (exact) mass is 354 g/mol. The molecule has 1 N–H and O–H groups in total. The van der Waals surface area contributed by atoms with Gasteiger partial charge in [0.1, 0.15) is 0 Å². The van der Waals surface area contributed by atoms with E-state index in [1.54, 1.807) is 12.1 Å². The summed E-state index contributed by atoms with van der Waals surface area (Å²) in [6, 6.07) is 7.25. The van der Waals surface area contributed by atoms with E-state index in [0.717, 1.165) is 15.0 Å². The Hall–Kier alpha value is -1.57. The molecule has 0 saturated heterocycles. The SMILES string of the molecule is Cc1nnc(NC(=O)c2ccc(I)cc2)nc1C. The van der Waals surface area contributed by atoms with E-state index >= 15 is 0 Å². The van der Waals surface area contributed by atoms with Gasteiger partial charge in [-0.2, -0.15) is 5.10 Å². The molecule has 18 heavy (non-hydrogen) atoms. The average Bonchev–Trinajstić information content (AvgIpc) is 2.34. The summed E-state index contributed by atoms with van der Waals surface area (Å²) in [5.74, 6) is -0.0156. The van der Waals surface area contributed by atoms with Gasteiger partial charge >= 0.3 is 0 Å². The molecule has 0 radical (unpaired) electrons. The Bertz CT molecular complexity index is 583. The molecule has 2 rings (SSSR count). The molecule has 0 saturated carbocycles. The lowest BCUT2D eigenvalue weighted by molar-refractivity contribution is 0.102. The van der Waals surface area contributed by atoms with Crippen molar-refractivity contribution >= 4 is 34.4 Å². The minimum Gasteiger partial charge on any atom is -0.289 e. The third-order valence-corrected chi connectivity index (χ3v) is 3.14. The Labute approximate surface area is 118 Å². The summed E-state index contributed by atoms with van der Waals surface area (Å²) in [6.07, 6.45) is 0. The molecular weight excluding hydrogens is 343 g/mol. The van der Waals surface area contributed by atoms with Crippen molar-refractivity contribution in [1.82, 2.24) is 15.2 Å². The van der Waals surface area contributed by atoms with Gasteiger partial charge in [0.05, 0.1) is 11.4 Å². The number of hydrogen-bond acceptors (Lipinski definition) is 4. The van der Waals surface area contributed by atoms with Gasteiger partial charge in [-0.1, -0.05) is 0 Å². The second-order valence-corrected chi connectivity index (χ2v) is 5.01. The number of nitrogens with zero attached hydrogens (tertiary/aromatic N) is 3. The normalized spacial score (nSPS) is 10.2. The lowest BCUT2D eigenvalue weighted by Crippen LogP contribution is -2.15. The highest BCUT2D eigenvalue weighted by Crippen LogP contribution is 2.09. The van der Waals surface area contributed by atoms with Crippen LogP contribution in [0.15, 0.2) is 24.3 Å². The van der Waals surface area contributed by atoms with Crippen molar-refractivity contribution in [3.8, 4) is 0 Å². The summed E-state index contributed by atoms with van der Waals surface area (Å²) in [4.78, 5) is 16.0. The number of rotatable bonds is 2. The maximum Gasteiger partial charge on any atom is 0.258 e. The quantitative estimate of drug-likeness (QED) is 0.841. The molecule has 0 unspecified atom stereocenters. The molecule has 0 bridgehead atoms. The molecule has 92 valence electrons. The number of carbonyl (C=O) groups excluding carboxylic acids is 1. The number of aryl methyl sites for hydroxylation is 2. The highest BCUT2D eigenvalue weighted by molar-refractivity contribution is 14.1. The molecule has 1 aromatic carbocycles. The molecule has 2 aromatic rings. The van der Waals surface area contributed by atoms with E-state index in [1.807, 2.05) is 26.0 Å². The van der Waals surface area contributed by atoms with E-state index in [4.69, 9.17) is 0 Å². The summed E-state index contributed by atoms with van der Waals surface area (Å²) in [5, 5.41) is 10.4. The van der Waals surface area contributed by atoms with Crippen molar-refractivity contribution in [1.29, 1.82) is 0 Å². The zero-order valence-electron chi connectivity index (χ0n) is 9.94. The smallest absolute Gasteiger partial charge is 0.258 e. The fraction of sp³-hybridized carbons (Fsp3) is 0.167. The average molecular weight is 354 g/mol. The number of aromatic nitrogens is 3. The van der Waals surface area contributed by atoms with E-state index in [1.165, 1.54) is 0 Å². The third-order valence-electron chi connectivity index (χ3n) is 2.42. The van der Waals surface area contributed by atoms with Crippen LogP contribution in [0.5, 0.6) is 0 Å². The predicted octanol–water partition coefficient (Wildman–Crippen LogP) is 2.35. The fourth-order valence-electron chi connectivity index (χ4n) is 1.28. The Kier molecular flexibility index (Phi) is 3.85. The van der Waals surface area contributed by atoms with E-state index in [9.17, 15) is 4.79 Å². The standard InChI is InChI=1S/C12H11IN4O/c1-7-8(2)16-17-12(14-7)15-11(18)9-3-5-10(13)6-4-9/h3-6H,1-2H3,(H,14,15,17,18). The molecule has 5 nitrogen and oxygen atoms in total. The van der Waals surface area contributed by atoms with Crippen molar-refractivity contribution < 1.29 is 4.79 Å². The van der Waals surface area contributed by atoms with E-state index < -0.39 is 0 Å². The fourth-order valence-corrected chi connectivity index (χ4v) is 1.64. The zero-order valence-corrected chi connectivity index (χ0v) is 12.1. The third kappa shape index (κ3) is 3.00. The van der Waals surface area contributed by atoms with Gasteiger partial charge in [-0.15, -0.1) is 5.10 Å². The van der Waals surface area contributed by atoms with Gasteiger partial charge in [-0.05, 0) is 60.7 Å². The van der Waals surface area contributed by atoms with Gasteiger partial charge in [-0.25, -0.2) is 4.98 Å². The molecule has 6 heteroatoms. The highest BCUT2D eigenvalue weighted by atomic mass is 127. The van der Waals surface area contributed by atoms with Crippen LogP contribution in [-0.4, -0.2) is 21.1 Å². The van der Waals surface area contributed by atoms with Crippen LogP contribution < -0.4 is 5.32 Å². The Morgan fingerprint density at radius 3 is 2.39 bits per heavy atom. The minimum absolute atomic E-state index is 0.224. The molecule has 1 amide bonds. The maximum absolute atomic E-state index is 11.9. The van der Waals surface area contributed by atoms with Crippen molar-refractivity contribution in [3.05, 3.63) is 44.8 Å². The molecular formula is C12H11IN4O. The second kappa shape index (κ2) is 5.38. The van der Waals surface area contributed by atoms with Crippen LogP contribution in [-0.2, 0) is 0 Å². The highest BCUT2D eigenvalue weighted by Gasteiger charge is 2.08. The number of amides is 1. The lowest BCUT2D eigenvalue weighted by Gasteiger charge is -2.04. The first kappa shape index (κ1) is 12.9. The Balaban J connectivity index is 2.16. The van der Waals surface area contributed by atoms with Crippen molar-refractivity contribution in [2.75, 3.05) is 5.32 Å². The Morgan fingerprint density at radius 2 is 1.78 bits per heavy atom. The van der Waals surface area contributed by atoms with E-state index in [2.05, 4.69) is 43.1 Å². The number of nitrogens with one attached hydrogen (secondary N) is 1. The molecule has 1 aromatic heterocycles. The first-order chi connectivity index (χ1) is 8.56. The predicted molar refractivity (Wildman–Crippen MR) is 76.4 cm³/mol. The zero-order chi connectivity index (χ0) is 13.1.